The molecule has 1 aromatic heterocycles. The summed E-state index contributed by atoms with van der Waals surface area (Å²) in [5.41, 5.74) is 0.629. The van der Waals surface area contributed by atoms with E-state index in [1.54, 1.807) is 12.1 Å². The summed E-state index contributed by atoms with van der Waals surface area (Å²) in [6, 6.07) is 3.41. The fourth-order valence-corrected chi connectivity index (χ4v) is 0.934. The van der Waals surface area contributed by atoms with Crippen molar-refractivity contribution in [3.8, 4) is 0 Å². The monoisotopic (exact) mass is 231 g/mol. The van der Waals surface area contributed by atoms with E-state index >= 15 is 0 Å². The molecule has 0 unspecified atom stereocenters. The van der Waals surface area contributed by atoms with E-state index in [4.69, 9.17) is 5.11 Å². The number of pyridine rings is 1. The Morgan fingerprint density at radius 1 is 1.67 bits per heavy atom. The van der Waals surface area contributed by atoms with Crippen LogP contribution in [0.1, 0.15) is 5.56 Å². The maximum Gasteiger partial charge on any atom is 0.126 e. The smallest absolute Gasteiger partial charge is 0.126 e. The van der Waals surface area contributed by atoms with Gasteiger partial charge in [0.25, 0.3) is 0 Å². The van der Waals surface area contributed by atoms with Crippen LogP contribution in [0.4, 0.5) is 4.39 Å². The molecular formula is C8H7BrFNO. The Balaban J connectivity index is 2.84. The Bertz CT molecular complexity index is 284. The van der Waals surface area contributed by atoms with Crippen LogP contribution in [-0.2, 0) is 0 Å². The molecule has 0 aliphatic rings. The molecule has 0 saturated carbocycles. The average Bonchev–Trinajstić information content (AvgIpc) is 2.09. The van der Waals surface area contributed by atoms with E-state index in [1.165, 1.54) is 12.3 Å². The molecule has 0 saturated heterocycles. The zero-order valence-corrected chi connectivity index (χ0v) is 7.75. The molecule has 0 radical (unpaired) electrons. The number of nitrogens with zero attached hydrogens (tertiary/aromatic N) is 1. The molecule has 0 bridgehead atoms. The Kier molecular flexibility index (Phi) is 3.37. The lowest BCUT2D eigenvalue weighted by atomic mass is 10.2. The summed E-state index contributed by atoms with van der Waals surface area (Å²) in [6.07, 6.45) is 2.75. The molecule has 0 amide bonds. The second-order valence-corrected chi connectivity index (χ2v) is 2.98. The van der Waals surface area contributed by atoms with Gasteiger partial charge in [-0.15, -0.1) is 0 Å². The molecule has 0 spiro atoms. The lowest BCUT2D eigenvalue weighted by Crippen LogP contribution is -1.83. The summed E-state index contributed by atoms with van der Waals surface area (Å²) in [4.78, 5) is 3.89. The highest BCUT2D eigenvalue weighted by molar-refractivity contribution is 9.10. The largest absolute Gasteiger partial charge is 0.389 e. The van der Waals surface area contributed by atoms with Gasteiger partial charge in [-0.3, -0.25) is 0 Å². The Morgan fingerprint density at radius 2 is 2.42 bits per heavy atom. The van der Waals surface area contributed by atoms with Crippen LogP contribution < -0.4 is 0 Å². The minimum Gasteiger partial charge on any atom is -0.389 e. The van der Waals surface area contributed by atoms with E-state index in [0.29, 0.717) is 10.2 Å². The van der Waals surface area contributed by atoms with Gasteiger partial charge in [-0.25, -0.2) is 9.37 Å². The van der Waals surface area contributed by atoms with Gasteiger partial charge < -0.3 is 5.11 Å². The van der Waals surface area contributed by atoms with Crippen molar-refractivity contribution in [1.29, 1.82) is 0 Å². The van der Waals surface area contributed by atoms with Crippen LogP contribution >= 0.6 is 15.9 Å². The van der Waals surface area contributed by atoms with E-state index in [2.05, 4.69) is 20.9 Å². The highest BCUT2D eigenvalue weighted by atomic mass is 79.9. The van der Waals surface area contributed by atoms with E-state index < -0.39 is 12.4 Å². The first-order valence-electron chi connectivity index (χ1n) is 3.31. The van der Waals surface area contributed by atoms with E-state index in [-0.39, 0.29) is 0 Å². The molecule has 4 heteroatoms. The summed E-state index contributed by atoms with van der Waals surface area (Å²) in [7, 11) is 0. The Labute approximate surface area is 77.9 Å². The van der Waals surface area contributed by atoms with Crippen molar-refractivity contribution in [3.63, 3.8) is 0 Å². The number of rotatable bonds is 2. The van der Waals surface area contributed by atoms with Crippen molar-refractivity contribution in [2.75, 3.05) is 6.61 Å². The lowest BCUT2D eigenvalue weighted by molar-refractivity contribution is 0.300. The van der Waals surface area contributed by atoms with E-state index in [0.717, 1.165) is 0 Å². The van der Waals surface area contributed by atoms with Gasteiger partial charge in [-0.2, -0.15) is 0 Å². The van der Waals surface area contributed by atoms with Crippen molar-refractivity contribution in [1.82, 2.24) is 4.98 Å². The third-order valence-corrected chi connectivity index (χ3v) is 1.69. The fraction of sp³-hybridized carbons (Fsp3) is 0.125. The molecule has 0 aromatic carbocycles. The molecule has 1 heterocycles. The van der Waals surface area contributed by atoms with E-state index in [1.807, 2.05) is 0 Å². The quantitative estimate of drug-likeness (QED) is 0.792. The van der Waals surface area contributed by atoms with Gasteiger partial charge in [0.2, 0.25) is 0 Å². The Morgan fingerprint density at radius 3 is 2.92 bits per heavy atom. The number of aliphatic hydroxyl groups is 1. The van der Waals surface area contributed by atoms with Gasteiger partial charge in [0.1, 0.15) is 10.4 Å². The normalized spacial score (nSPS) is 11.8. The summed E-state index contributed by atoms with van der Waals surface area (Å²) >= 11 is 3.15. The van der Waals surface area contributed by atoms with Crippen LogP contribution in [0.5, 0.6) is 0 Å². The second kappa shape index (κ2) is 4.33. The average molecular weight is 232 g/mol. The number of aromatic nitrogens is 1. The standard InChI is InChI=1S/C8H7BrFNO/c9-8-2-1-6(4-11-8)3-7(10)5-12/h1-4,12H,5H2. The molecule has 12 heavy (non-hydrogen) atoms. The predicted molar refractivity (Wildman–Crippen MR) is 48.1 cm³/mol. The van der Waals surface area contributed by atoms with E-state index in [9.17, 15) is 4.39 Å². The predicted octanol–water partition coefficient (Wildman–Crippen LogP) is 2.15. The van der Waals surface area contributed by atoms with Crippen molar-refractivity contribution in [3.05, 3.63) is 34.3 Å². The van der Waals surface area contributed by atoms with Crippen molar-refractivity contribution in [2.45, 2.75) is 0 Å². The molecule has 1 rings (SSSR count). The molecule has 0 aliphatic carbocycles. The minimum absolute atomic E-state index is 0.570. The summed E-state index contributed by atoms with van der Waals surface area (Å²) in [5, 5.41) is 8.38. The summed E-state index contributed by atoms with van der Waals surface area (Å²) < 4.78 is 13.2. The Hall–Kier alpha value is -0.740. The topological polar surface area (TPSA) is 33.1 Å². The fourth-order valence-electron chi connectivity index (χ4n) is 0.699. The minimum atomic E-state index is -0.573. The van der Waals surface area contributed by atoms with Gasteiger partial charge in [-0.1, -0.05) is 6.07 Å². The zero-order chi connectivity index (χ0) is 8.97. The first kappa shape index (κ1) is 9.35. The molecule has 1 N–H and O–H groups in total. The van der Waals surface area contributed by atoms with Gasteiger partial charge in [0.05, 0.1) is 6.61 Å². The highest BCUT2D eigenvalue weighted by Gasteiger charge is 1.93. The maximum absolute atomic E-state index is 12.5. The molecule has 0 aliphatic heterocycles. The molecule has 0 fully saturated rings. The third-order valence-electron chi connectivity index (χ3n) is 1.22. The van der Waals surface area contributed by atoms with Crippen molar-refractivity contribution >= 4 is 22.0 Å². The number of aliphatic hydroxyl groups excluding tert-OH is 1. The second-order valence-electron chi connectivity index (χ2n) is 2.16. The first-order chi connectivity index (χ1) is 5.72. The van der Waals surface area contributed by atoms with Gasteiger partial charge in [-0.05, 0) is 33.6 Å². The molecule has 2 nitrogen and oxygen atoms in total. The number of hydrogen-bond acceptors (Lipinski definition) is 2. The number of hydrogen-bond donors (Lipinski definition) is 1. The van der Waals surface area contributed by atoms with Gasteiger partial charge in [0.15, 0.2) is 0 Å². The molecule has 0 atom stereocenters. The summed E-state index contributed by atoms with van der Waals surface area (Å²) in [6.45, 7) is -0.573. The van der Waals surface area contributed by atoms with Crippen LogP contribution in [0.2, 0.25) is 0 Å². The summed E-state index contributed by atoms with van der Waals surface area (Å²) in [5.74, 6) is -0.570. The van der Waals surface area contributed by atoms with Crippen LogP contribution in [0.3, 0.4) is 0 Å². The van der Waals surface area contributed by atoms with Crippen LogP contribution in [0.15, 0.2) is 28.8 Å². The van der Waals surface area contributed by atoms with Gasteiger partial charge in [0, 0.05) is 6.20 Å². The molecule has 64 valence electrons. The van der Waals surface area contributed by atoms with Crippen LogP contribution in [0, 0.1) is 0 Å². The molecular weight excluding hydrogens is 225 g/mol. The lowest BCUT2D eigenvalue weighted by Gasteiger charge is -1.93. The van der Waals surface area contributed by atoms with Crippen molar-refractivity contribution < 1.29 is 9.50 Å². The van der Waals surface area contributed by atoms with Crippen LogP contribution in [-0.4, -0.2) is 16.7 Å². The maximum atomic E-state index is 12.5. The highest BCUT2D eigenvalue weighted by Crippen LogP contribution is 2.09. The van der Waals surface area contributed by atoms with Gasteiger partial charge >= 0.3 is 0 Å². The molecule has 1 aromatic rings. The zero-order valence-electron chi connectivity index (χ0n) is 6.17. The third kappa shape index (κ3) is 2.71. The number of halogens is 2. The van der Waals surface area contributed by atoms with Crippen molar-refractivity contribution in [2.24, 2.45) is 0 Å². The SMILES string of the molecule is OCC(F)=Cc1ccc(Br)nc1. The van der Waals surface area contributed by atoms with Crippen LogP contribution in [0.25, 0.3) is 6.08 Å². The first-order valence-corrected chi connectivity index (χ1v) is 4.10.